The molecular formula is C17H24N4O2S2. The third-order valence-corrected chi connectivity index (χ3v) is 5.55. The van der Waals surface area contributed by atoms with Crippen molar-refractivity contribution in [3.05, 3.63) is 24.3 Å². The van der Waals surface area contributed by atoms with Gasteiger partial charge in [-0.05, 0) is 25.5 Å². The van der Waals surface area contributed by atoms with E-state index in [2.05, 4.69) is 22.4 Å². The third kappa shape index (κ3) is 5.89. The molecular weight excluding hydrogens is 356 g/mol. The molecule has 1 N–H and O–H groups in total. The first kappa shape index (κ1) is 19.5. The fourth-order valence-corrected chi connectivity index (χ4v) is 3.87. The van der Waals surface area contributed by atoms with Gasteiger partial charge >= 0.3 is 0 Å². The first-order valence-corrected chi connectivity index (χ1v) is 10.1. The van der Waals surface area contributed by atoms with Crippen molar-refractivity contribution in [1.29, 1.82) is 0 Å². The molecule has 0 spiro atoms. The van der Waals surface area contributed by atoms with Crippen LogP contribution < -0.4 is 10.1 Å². The predicted molar refractivity (Wildman–Crippen MR) is 104 cm³/mol. The van der Waals surface area contributed by atoms with Crippen molar-refractivity contribution >= 4 is 39.8 Å². The Balaban J connectivity index is 1.90. The second-order valence-electron chi connectivity index (χ2n) is 5.31. The number of methoxy groups -OCH3 is 1. The number of ether oxygens (including phenoxy) is 1. The number of benzene rings is 1. The largest absolute Gasteiger partial charge is 0.495 e. The molecule has 8 heteroatoms. The Morgan fingerprint density at radius 1 is 1.32 bits per heavy atom. The molecule has 1 amide bonds. The van der Waals surface area contributed by atoms with Gasteiger partial charge in [-0.1, -0.05) is 48.6 Å². The summed E-state index contributed by atoms with van der Waals surface area (Å²) >= 11 is 2.86. The molecule has 0 radical (unpaired) electrons. The van der Waals surface area contributed by atoms with Crippen LogP contribution in [-0.4, -0.2) is 47.0 Å². The van der Waals surface area contributed by atoms with Crippen LogP contribution in [0.1, 0.15) is 26.7 Å². The Morgan fingerprint density at radius 3 is 2.84 bits per heavy atom. The third-order valence-electron chi connectivity index (χ3n) is 3.59. The van der Waals surface area contributed by atoms with Gasteiger partial charge < -0.3 is 15.0 Å². The van der Waals surface area contributed by atoms with Crippen LogP contribution in [0.25, 0.3) is 0 Å². The summed E-state index contributed by atoms with van der Waals surface area (Å²) in [4.78, 5) is 14.2. The highest BCUT2D eigenvalue weighted by Gasteiger charge is 2.14. The normalized spacial score (nSPS) is 10.5. The van der Waals surface area contributed by atoms with E-state index in [0.29, 0.717) is 10.9 Å². The Kier molecular flexibility index (Phi) is 8.00. The lowest BCUT2D eigenvalue weighted by Crippen LogP contribution is -2.33. The molecule has 25 heavy (non-hydrogen) atoms. The molecule has 1 aromatic heterocycles. The molecule has 2 rings (SSSR count). The van der Waals surface area contributed by atoms with Gasteiger partial charge in [-0.25, -0.2) is 0 Å². The number of anilines is 2. The highest BCUT2D eigenvalue weighted by molar-refractivity contribution is 8.01. The van der Waals surface area contributed by atoms with Gasteiger partial charge in [-0.15, -0.1) is 10.2 Å². The average molecular weight is 381 g/mol. The van der Waals surface area contributed by atoms with Crippen LogP contribution in [-0.2, 0) is 4.79 Å². The molecule has 0 saturated carbocycles. The zero-order chi connectivity index (χ0) is 18.1. The zero-order valence-electron chi connectivity index (χ0n) is 14.8. The van der Waals surface area contributed by atoms with E-state index in [1.807, 2.05) is 36.1 Å². The van der Waals surface area contributed by atoms with Gasteiger partial charge in [0.05, 0.1) is 18.6 Å². The van der Waals surface area contributed by atoms with Crippen molar-refractivity contribution in [2.75, 3.05) is 31.3 Å². The Bertz CT molecular complexity index is 678. The number of hydrogen-bond donors (Lipinski definition) is 1. The number of thioether (sulfide) groups is 1. The highest BCUT2D eigenvalue weighted by atomic mass is 32.2. The number of carbonyl (C=O) groups is 1. The number of amides is 1. The Labute approximate surface area is 157 Å². The van der Waals surface area contributed by atoms with Gasteiger partial charge in [-0.3, -0.25) is 4.79 Å². The summed E-state index contributed by atoms with van der Waals surface area (Å²) in [6.07, 6.45) is 2.13. The number of carbonyl (C=O) groups excluding carboxylic acids is 1. The predicted octanol–water partition coefficient (Wildman–Crippen LogP) is 4.03. The SMILES string of the molecule is CCCCN(CC)C(=O)CSc1nnc(Nc2ccccc2OC)s1. The van der Waals surface area contributed by atoms with Crippen LogP contribution in [0.2, 0.25) is 0 Å². The summed E-state index contributed by atoms with van der Waals surface area (Å²) in [6, 6.07) is 7.64. The number of aromatic nitrogens is 2. The van der Waals surface area contributed by atoms with E-state index in [9.17, 15) is 4.79 Å². The number of unbranched alkanes of at least 4 members (excludes halogenated alkanes) is 1. The average Bonchev–Trinajstić information content (AvgIpc) is 3.08. The van der Waals surface area contributed by atoms with Gasteiger partial charge in [0.2, 0.25) is 11.0 Å². The number of nitrogens with zero attached hydrogens (tertiary/aromatic N) is 3. The fraction of sp³-hybridized carbons (Fsp3) is 0.471. The summed E-state index contributed by atoms with van der Waals surface area (Å²) in [5, 5.41) is 12.2. The number of para-hydroxylation sites is 2. The Morgan fingerprint density at radius 2 is 2.12 bits per heavy atom. The molecule has 1 aromatic carbocycles. The maximum atomic E-state index is 12.3. The minimum atomic E-state index is 0.149. The van der Waals surface area contributed by atoms with E-state index in [-0.39, 0.29) is 5.91 Å². The standard InChI is InChI=1S/C17H24N4O2S2/c1-4-6-11-21(5-2)15(22)12-24-17-20-19-16(25-17)18-13-9-7-8-10-14(13)23-3/h7-10H,4-6,11-12H2,1-3H3,(H,18,19). The van der Waals surface area contributed by atoms with E-state index in [1.165, 1.54) is 23.1 Å². The topological polar surface area (TPSA) is 67.4 Å². The Hall–Kier alpha value is -1.80. The summed E-state index contributed by atoms with van der Waals surface area (Å²) in [7, 11) is 1.63. The summed E-state index contributed by atoms with van der Waals surface area (Å²) in [6.45, 7) is 5.71. The molecule has 1 heterocycles. The molecule has 0 unspecified atom stereocenters. The minimum Gasteiger partial charge on any atom is -0.495 e. The van der Waals surface area contributed by atoms with Crippen LogP contribution in [0.4, 0.5) is 10.8 Å². The van der Waals surface area contributed by atoms with Gasteiger partial charge in [0, 0.05) is 13.1 Å². The number of nitrogens with one attached hydrogen (secondary N) is 1. The summed E-state index contributed by atoms with van der Waals surface area (Å²) in [5.41, 5.74) is 0.838. The zero-order valence-corrected chi connectivity index (χ0v) is 16.5. The number of hydrogen-bond acceptors (Lipinski definition) is 7. The maximum absolute atomic E-state index is 12.3. The molecule has 0 aliphatic carbocycles. The molecule has 6 nitrogen and oxygen atoms in total. The summed E-state index contributed by atoms with van der Waals surface area (Å²) < 4.78 is 6.09. The molecule has 0 fully saturated rings. The quantitative estimate of drug-likeness (QED) is 0.628. The lowest BCUT2D eigenvalue weighted by Gasteiger charge is -2.19. The second kappa shape index (κ2) is 10.2. The van der Waals surface area contributed by atoms with E-state index in [0.717, 1.165) is 41.7 Å². The lowest BCUT2D eigenvalue weighted by molar-refractivity contribution is -0.128. The minimum absolute atomic E-state index is 0.149. The van der Waals surface area contributed by atoms with Gasteiger partial charge in [0.15, 0.2) is 4.34 Å². The smallest absolute Gasteiger partial charge is 0.233 e. The van der Waals surface area contributed by atoms with Crippen molar-refractivity contribution < 1.29 is 9.53 Å². The number of rotatable bonds is 10. The van der Waals surface area contributed by atoms with E-state index < -0.39 is 0 Å². The molecule has 0 saturated heterocycles. The molecule has 0 bridgehead atoms. The van der Waals surface area contributed by atoms with Crippen LogP contribution in [0.5, 0.6) is 5.75 Å². The van der Waals surface area contributed by atoms with Crippen LogP contribution in [0.15, 0.2) is 28.6 Å². The second-order valence-corrected chi connectivity index (χ2v) is 7.51. The lowest BCUT2D eigenvalue weighted by atomic mass is 10.3. The highest BCUT2D eigenvalue weighted by Crippen LogP contribution is 2.31. The van der Waals surface area contributed by atoms with Crippen molar-refractivity contribution in [1.82, 2.24) is 15.1 Å². The van der Waals surface area contributed by atoms with Crippen molar-refractivity contribution in [3.63, 3.8) is 0 Å². The van der Waals surface area contributed by atoms with Crippen molar-refractivity contribution in [3.8, 4) is 5.75 Å². The molecule has 0 aliphatic heterocycles. The van der Waals surface area contributed by atoms with E-state index in [1.54, 1.807) is 7.11 Å². The maximum Gasteiger partial charge on any atom is 0.233 e. The van der Waals surface area contributed by atoms with E-state index in [4.69, 9.17) is 4.74 Å². The first-order chi connectivity index (χ1) is 12.2. The molecule has 136 valence electrons. The van der Waals surface area contributed by atoms with Crippen LogP contribution in [0, 0.1) is 0 Å². The van der Waals surface area contributed by atoms with Crippen LogP contribution in [0.3, 0.4) is 0 Å². The van der Waals surface area contributed by atoms with Crippen molar-refractivity contribution in [2.45, 2.75) is 31.0 Å². The monoisotopic (exact) mass is 380 g/mol. The molecule has 2 aromatic rings. The van der Waals surface area contributed by atoms with Crippen LogP contribution >= 0.6 is 23.1 Å². The molecule has 0 aliphatic rings. The van der Waals surface area contributed by atoms with Gasteiger partial charge in [-0.2, -0.15) is 0 Å². The fourth-order valence-electron chi connectivity index (χ4n) is 2.20. The summed E-state index contributed by atoms with van der Waals surface area (Å²) in [5.74, 6) is 1.29. The van der Waals surface area contributed by atoms with Gasteiger partial charge in [0.25, 0.3) is 0 Å². The van der Waals surface area contributed by atoms with Gasteiger partial charge in [0.1, 0.15) is 5.75 Å². The first-order valence-electron chi connectivity index (χ1n) is 8.32. The van der Waals surface area contributed by atoms with E-state index >= 15 is 0 Å². The van der Waals surface area contributed by atoms with Crippen molar-refractivity contribution in [2.24, 2.45) is 0 Å². The molecule has 0 atom stereocenters.